The maximum atomic E-state index is 11.1. The Morgan fingerprint density at radius 1 is 1.17 bits per heavy atom. The number of hydrogen-bond donors (Lipinski definition) is 4. The second kappa shape index (κ2) is 5.67. The van der Waals surface area contributed by atoms with Crippen LogP contribution in [0.1, 0.15) is 17.3 Å². The highest BCUT2D eigenvalue weighted by molar-refractivity contribution is 6.01. The molecule has 0 bridgehead atoms. The van der Waals surface area contributed by atoms with E-state index in [1.165, 1.54) is 32.2 Å². The molecule has 0 saturated heterocycles. The average Bonchev–Trinajstić information content (AvgIpc) is 2.29. The van der Waals surface area contributed by atoms with Crippen LogP contribution in [0.4, 0.5) is 16.2 Å². The minimum absolute atomic E-state index is 0.107. The van der Waals surface area contributed by atoms with Crippen LogP contribution in [0.5, 0.6) is 0 Å². The second-order valence-electron chi connectivity index (χ2n) is 3.45. The standard InChI is InChI=1S/C11H13N3O4/c1-6(15)13-7-3-4-9(14-11(18)12-2)8(5-7)10(16)17/h3-5H,1-2H3,(H,13,15)(H,16,17)(H2,12,14,18). The number of urea groups is 1. The van der Waals surface area contributed by atoms with E-state index in [0.29, 0.717) is 5.69 Å². The van der Waals surface area contributed by atoms with Gasteiger partial charge < -0.3 is 21.1 Å². The number of carbonyl (C=O) groups is 3. The highest BCUT2D eigenvalue weighted by Gasteiger charge is 2.13. The van der Waals surface area contributed by atoms with Crippen LogP contribution in [0.15, 0.2) is 18.2 Å². The molecule has 0 saturated carbocycles. The normalized spacial score (nSPS) is 9.44. The summed E-state index contributed by atoms with van der Waals surface area (Å²) in [6.45, 7) is 1.32. The highest BCUT2D eigenvalue weighted by atomic mass is 16.4. The van der Waals surface area contributed by atoms with E-state index in [1.54, 1.807) is 0 Å². The molecule has 0 aliphatic heterocycles. The molecule has 0 aromatic heterocycles. The van der Waals surface area contributed by atoms with E-state index in [2.05, 4.69) is 16.0 Å². The SMILES string of the molecule is CNC(=O)Nc1ccc(NC(C)=O)cc1C(=O)O. The lowest BCUT2D eigenvalue weighted by molar-refractivity contribution is -0.114. The molecule has 7 nitrogen and oxygen atoms in total. The molecule has 4 N–H and O–H groups in total. The molecule has 1 aromatic rings. The average molecular weight is 251 g/mol. The Bertz CT molecular complexity index is 499. The molecule has 3 amide bonds. The molecule has 18 heavy (non-hydrogen) atoms. The van der Waals surface area contributed by atoms with Crippen LogP contribution in [-0.4, -0.2) is 30.1 Å². The topological polar surface area (TPSA) is 108 Å². The van der Waals surface area contributed by atoms with Gasteiger partial charge >= 0.3 is 12.0 Å². The number of anilines is 2. The number of rotatable bonds is 3. The van der Waals surface area contributed by atoms with E-state index in [-0.39, 0.29) is 17.2 Å². The third-order valence-corrected chi connectivity index (χ3v) is 2.05. The zero-order chi connectivity index (χ0) is 13.7. The van der Waals surface area contributed by atoms with Gasteiger partial charge in [0.15, 0.2) is 0 Å². The summed E-state index contributed by atoms with van der Waals surface area (Å²) >= 11 is 0. The maximum Gasteiger partial charge on any atom is 0.337 e. The van der Waals surface area contributed by atoms with Crippen LogP contribution < -0.4 is 16.0 Å². The van der Waals surface area contributed by atoms with Gasteiger partial charge in [-0.05, 0) is 18.2 Å². The van der Waals surface area contributed by atoms with Crippen molar-refractivity contribution in [3.05, 3.63) is 23.8 Å². The molecule has 0 radical (unpaired) electrons. The molecule has 0 spiro atoms. The lowest BCUT2D eigenvalue weighted by Gasteiger charge is -2.10. The quantitative estimate of drug-likeness (QED) is 0.645. The second-order valence-corrected chi connectivity index (χ2v) is 3.45. The number of benzene rings is 1. The predicted octanol–water partition coefficient (Wildman–Crippen LogP) is 1.09. The molecule has 0 aliphatic rings. The summed E-state index contributed by atoms with van der Waals surface area (Å²) < 4.78 is 0. The lowest BCUT2D eigenvalue weighted by atomic mass is 10.1. The molecule has 0 unspecified atom stereocenters. The summed E-state index contributed by atoms with van der Waals surface area (Å²) in [6, 6.07) is 3.66. The first-order valence-electron chi connectivity index (χ1n) is 5.07. The minimum Gasteiger partial charge on any atom is -0.478 e. The number of amides is 3. The van der Waals surface area contributed by atoms with Crippen LogP contribution in [0.3, 0.4) is 0 Å². The number of carboxylic acids is 1. The molecule has 0 heterocycles. The van der Waals surface area contributed by atoms with Gasteiger partial charge in [0.05, 0.1) is 11.3 Å². The molecule has 0 fully saturated rings. The summed E-state index contributed by atoms with van der Waals surface area (Å²) in [7, 11) is 1.42. The zero-order valence-electron chi connectivity index (χ0n) is 9.90. The van der Waals surface area contributed by atoms with Gasteiger partial charge in [-0.3, -0.25) is 4.79 Å². The van der Waals surface area contributed by atoms with Gasteiger partial charge in [-0.15, -0.1) is 0 Å². The first-order valence-corrected chi connectivity index (χ1v) is 5.07. The van der Waals surface area contributed by atoms with E-state index >= 15 is 0 Å². The van der Waals surface area contributed by atoms with Crippen molar-refractivity contribution in [2.24, 2.45) is 0 Å². The van der Waals surface area contributed by atoms with Crippen LogP contribution in [0.2, 0.25) is 0 Å². The number of aromatic carboxylic acids is 1. The van der Waals surface area contributed by atoms with Crippen molar-refractivity contribution in [3.8, 4) is 0 Å². The van der Waals surface area contributed by atoms with Crippen LogP contribution in [-0.2, 0) is 4.79 Å². The van der Waals surface area contributed by atoms with Gasteiger partial charge in [0.2, 0.25) is 5.91 Å². The van der Waals surface area contributed by atoms with E-state index in [0.717, 1.165) is 0 Å². The van der Waals surface area contributed by atoms with Gasteiger partial charge in [0.1, 0.15) is 0 Å². The maximum absolute atomic E-state index is 11.1. The summed E-state index contributed by atoms with van der Waals surface area (Å²) in [4.78, 5) is 33.0. The number of carbonyl (C=O) groups excluding carboxylic acids is 2. The third-order valence-electron chi connectivity index (χ3n) is 2.05. The van der Waals surface area contributed by atoms with Crippen molar-refractivity contribution in [1.29, 1.82) is 0 Å². The predicted molar refractivity (Wildman–Crippen MR) is 65.8 cm³/mol. The van der Waals surface area contributed by atoms with E-state index in [4.69, 9.17) is 5.11 Å². The molecular formula is C11H13N3O4. The Morgan fingerprint density at radius 2 is 1.83 bits per heavy atom. The van der Waals surface area contributed by atoms with Crippen LogP contribution >= 0.6 is 0 Å². The lowest BCUT2D eigenvalue weighted by Crippen LogP contribution is -2.25. The van der Waals surface area contributed by atoms with E-state index in [1.807, 2.05) is 0 Å². The fourth-order valence-electron chi connectivity index (χ4n) is 1.30. The minimum atomic E-state index is -1.20. The van der Waals surface area contributed by atoms with Crippen LogP contribution in [0, 0.1) is 0 Å². The smallest absolute Gasteiger partial charge is 0.337 e. The third kappa shape index (κ3) is 3.48. The highest BCUT2D eigenvalue weighted by Crippen LogP contribution is 2.20. The fourth-order valence-corrected chi connectivity index (χ4v) is 1.30. The van der Waals surface area contributed by atoms with Crippen LogP contribution in [0.25, 0.3) is 0 Å². The molecular weight excluding hydrogens is 238 g/mol. The van der Waals surface area contributed by atoms with Gasteiger partial charge in [-0.2, -0.15) is 0 Å². The molecule has 0 atom stereocenters. The molecule has 7 heteroatoms. The zero-order valence-corrected chi connectivity index (χ0v) is 9.90. The summed E-state index contributed by atoms with van der Waals surface area (Å²) in [5, 5.41) is 16.2. The Kier molecular flexibility index (Phi) is 4.25. The first-order chi connectivity index (χ1) is 8.43. The first kappa shape index (κ1) is 13.5. The summed E-state index contributed by atoms with van der Waals surface area (Å²) in [5.41, 5.74) is 0.392. The van der Waals surface area contributed by atoms with E-state index in [9.17, 15) is 14.4 Å². The molecule has 0 aliphatic carbocycles. The van der Waals surface area contributed by atoms with Gasteiger partial charge in [-0.1, -0.05) is 0 Å². The number of carboxylic acid groups (broad SMARTS) is 1. The summed E-state index contributed by atoms with van der Waals surface area (Å²) in [6.07, 6.45) is 0. The Labute approximate surface area is 103 Å². The Hall–Kier alpha value is -2.57. The largest absolute Gasteiger partial charge is 0.478 e. The van der Waals surface area contributed by atoms with Gasteiger partial charge in [-0.25, -0.2) is 9.59 Å². The fraction of sp³-hybridized carbons (Fsp3) is 0.182. The Morgan fingerprint density at radius 3 is 2.33 bits per heavy atom. The summed E-state index contributed by atoms with van der Waals surface area (Å²) in [5.74, 6) is -1.51. The van der Waals surface area contributed by atoms with Gasteiger partial charge in [0.25, 0.3) is 0 Å². The van der Waals surface area contributed by atoms with Gasteiger partial charge in [0, 0.05) is 19.7 Å². The molecule has 1 rings (SSSR count). The van der Waals surface area contributed by atoms with Crippen molar-refractivity contribution < 1.29 is 19.5 Å². The van der Waals surface area contributed by atoms with E-state index < -0.39 is 12.0 Å². The Balaban J connectivity index is 3.08. The van der Waals surface area contributed by atoms with Crippen molar-refractivity contribution >= 4 is 29.3 Å². The van der Waals surface area contributed by atoms with Crippen molar-refractivity contribution in [1.82, 2.24) is 5.32 Å². The number of nitrogens with one attached hydrogen (secondary N) is 3. The molecule has 1 aromatic carbocycles. The van der Waals surface area contributed by atoms with Crippen molar-refractivity contribution in [2.45, 2.75) is 6.92 Å². The monoisotopic (exact) mass is 251 g/mol. The molecule has 96 valence electrons. The van der Waals surface area contributed by atoms with Crippen molar-refractivity contribution in [3.63, 3.8) is 0 Å². The van der Waals surface area contributed by atoms with Crippen molar-refractivity contribution in [2.75, 3.05) is 17.7 Å². The number of hydrogen-bond acceptors (Lipinski definition) is 3.